The number of hydrogen-bond donors (Lipinski definition) is 2. The van der Waals surface area contributed by atoms with E-state index in [1.807, 2.05) is 27.0 Å². The lowest BCUT2D eigenvalue weighted by Gasteiger charge is -2.36. The van der Waals surface area contributed by atoms with Crippen molar-refractivity contribution in [2.75, 3.05) is 25.5 Å². The number of β-amino-alcohol motifs (C(OH)–C–C–N with tert-alkyl or cyclic N) is 1. The van der Waals surface area contributed by atoms with Crippen molar-refractivity contribution in [2.24, 2.45) is 0 Å². The SMILES string of the molecule is CNc1cc(C)nc(CN2CCCC(C)(O)C2)n1. The summed E-state index contributed by atoms with van der Waals surface area (Å²) in [5.41, 5.74) is 0.390. The molecule has 1 aromatic heterocycles. The highest BCUT2D eigenvalue weighted by Gasteiger charge is 2.28. The van der Waals surface area contributed by atoms with Crippen molar-refractivity contribution in [3.05, 3.63) is 17.6 Å². The van der Waals surface area contributed by atoms with Crippen LogP contribution in [0.2, 0.25) is 0 Å². The number of piperidine rings is 1. The third-order valence-corrected chi connectivity index (χ3v) is 3.28. The van der Waals surface area contributed by atoms with Crippen LogP contribution in [0.25, 0.3) is 0 Å². The largest absolute Gasteiger partial charge is 0.389 e. The summed E-state index contributed by atoms with van der Waals surface area (Å²) < 4.78 is 0. The molecule has 0 bridgehead atoms. The first kappa shape index (κ1) is 13.2. The van der Waals surface area contributed by atoms with E-state index in [9.17, 15) is 5.11 Å². The van der Waals surface area contributed by atoms with Gasteiger partial charge in [-0.05, 0) is 33.2 Å². The first-order valence-corrected chi connectivity index (χ1v) is 6.45. The Hall–Kier alpha value is -1.20. The Morgan fingerprint density at radius 2 is 2.28 bits per heavy atom. The van der Waals surface area contributed by atoms with Crippen molar-refractivity contribution in [3.63, 3.8) is 0 Å². The van der Waals surface area contributed by atoms with Gasteiger partial charge in [0.1, 0.15) is 11.6 Å². The molecule has 0 radical (unpaired) electrons. The second-order valence-electron chi connectivity index (χ2n) is 5.37. The zero-order valence-electron chi connectivity index (χ0n) is 11.4. The maximum absolute atomic E-state index is 10.1. The summed E-state index contributed by atoms with van der Waals surface area (Å²) in [6.07, 6.45) is 1.90. The fourth-order valence-corrected chi connectivity index (χ4v) is 2.49. The number of anilines is 1. The Balaban J connectivity index is 2.07. The molecule has 0 aliphatic carbocycles. The predicted octanol–water partition coefficient (Wildman–Crippen LogP) is 1.17. The van der Waals surface area contributed by atoms with E-state index in [0.29, 0.717) is 13.1 Å². The highest BCUT2D eigenvalue weighted by Crippen LogP contribution is 2.21. The Morgan fingerprint density at radius 3 is 2.94 bits per heavy atom. The molecular formula is C13H22N4O. The maximum Gasteiger partial charge on any atom is 0.144 e. The first-order chi connectivity index (χ1) is 8.48. The summed E-state index contributed by atoms with van der Waals surface area (Å²) >= 11 is 0. The van der Waals surface area contributed by atoms with Crippen molar-refractivity contribution in [2.45, 2.75) is 38.8 Å². The Morgan fingerprint density at radius 1 is 1.50 bits per heavy atom. The Bertz CT molecular complexity index is 419. The van der Waals surface area contributed by atoms with Gasteiger partial charge in [0, 0.05) is 25.4 Å². The van der Waals surface area contributed by atoms with Crippen molar-refractivity contribution in [3.8, 4) is 0 Å². The molecule has 2 N–H and O–H groups in total. The number of hydrogen-bond acceptors (Lipinski definition) is 5. The molecule has 5 nitrogen and oxygen atoms in total. The molecular weight excluding hydrogens is 228 g/mol. The molecule has 0 amide bonds. The average Bonchev–Trinajstić information content (AvgIpc) is 2.26. The predicted molar refractivity (Wildman–Crippen MR) is 71.5 cm³/mol. The standard InChI is InChI=1S/C13H22N4O/c1-10-7-11(14-3)16-12(15-10)8-17-6-4-5-13(2,18)9-17/h7,18H,4-6,8-9H2,1-3H3,(H,14,15,16). The van der Waals surface area contributed by atoms with E-state index >= 15 is 0 Å². The summed E-state index contributed by atoms with van der Waals surface area (Å²) in [6, 6.07) is 1.93. The molecule has 2 rings (SSSR count). The molecule has 1 aromatic rings. The lowest BCUT2D eigenvalue weighted by molar-refractivity contribution is -0.0188. The minimum absolute atomic E-state index is 0.575. The van der Waals surface area contributed by atoms with Crippen LogP contribution in [0.15, 0.2) is 6.07 Å². The van der Waals surface area contributed by atoms with E-state index in [1.165, 1.54) is 0 Å². The smallest absolute Gasteiger partial charge is 0.144 e. The number of rotatable bonds is 3. The second-order valence-corrected chi connectivity index (χ2v) is 5.37. The minimum atomic E-state index is -0.575. The molecule has 1 aliphatic heterocycles. The van der Waals surface area contributed by atoms with Gasteiger partial charge in [-0.1, -0.05) is 0 Å². The third-order valence-electron chi connectivity index (χ3n) is 3.28. The van der Waals surface area contributed by atoms with Crippen LogP contribution in [0, 0.1) is 6.92 Å². The quantitative estimate of drug-likeness (QED) is 0.843. The van der Waals surface area contributed by atoms with Crippen molar-refractivity contribution in [1.82, 2.24) is 14.9 Å². The van der Waals surface area contributed by atoms with Gasteiger partial charge in [0.15, 0.2) is 0 Å². The molecule has 5 heteroatoms. The van der Waals surface area contributed by atoms with E-state index in [-0.39, 0.29) is 0 Å². The van der Waals surface area contributed by atoms with Gasteiger partial charge in [0.25, 0.3) is 0 Å². The summed E-state index contributed by atoms with van der Waals surface area (Å²) in [4.78, 5) is 11.1. The molecule has 0 aromatic carbocycles. The first-order valence-electron chi connectivity index (χ1n) is 6.45. The lowest BCUT2D eigenvalue weighted by atomic mass is 9.95. The summed E-state index contributed by atoms with van der Waals surface area (Å²) in [5, 5.41) is 13.1. The van der Waals surface area contributed by atoms with Gasteiger partial charge in [-0.15, -0.1) is 0 Å². The molecule has 1 fully saturated rings. The molecule has 100 valence electrons. The van der Waals surface area contributed by atoms with Gasteiger partial charge in [-0.2, -0.15) is 0 Å². The van der Waals surface area contributed by atoms with Crippen molar-refractivity contribution in [1.29, 1.82) is 0 Å². The zero-order valence-corrected chi connectivity index (χ0v) is 11.4. The highest BCUT2D eigenvalue weighted by molar-refractivity contribution is 5.34. The normalized spacial score (nSPS) is 25.1. The molecule has 2 heterocycles. The highest BCUT2D eigenvalue weighted by atomic mass is 16.3. The second kappa shape index (κ2) is 5.20. The van der Waals surface area contributed by atoms with Gasteiger partial charge >= 0.3 is 0 Å². The van der Waals surface area contributed by atoms with E-state index in [0.717, 1.165) is 36.7 Å². The number of likely N-dealkylation sites (tertiary alicyclic amines) is 1. The topological polar surface area (TPSA) is 61.3 Å². The van der Waals surface area contributed by atoms with E-state index in [2.05, 4.69) is 20.2 Å². The van der Waals surface area contributed by atoms with Crippen LogP contribution in [0.3, 0.4) is 0 Å². The van der Waals surface area contributed by atoms with Crippen LogP contribution in [0.5, 0.6) is 0 Å². The Labute approximate surface area is 108 Å². The molecule has 1 unspecified atom stereocenters. The van der Waals surface area contributed by atoms with Crippen LogP contribution in [-0.4, -0.2) is 45.7 Å². The van der Waals surface area contributed by atoms with Crippen LogP contribution in [0.4, 0.5) is 5.82 Å². The molecule has 18 heavy (non-hydrogen) atoms. The van der Waals surface area contributed by atoms with Gasteiger partial charge < -0.3 is 10.4 Å². The Kier molecular flexibility index (Phi) is 3.82. The van der Waals surface area contributed by atoms with Gasteiger partial charge in [-0.3, -0.25) is 4.90 Å². The molecule has 1 aliphatic rings. The third kappa shape index (κ3) is 3.40. The number of aromatic nitrogens is 2. The molecule has 1 atom stereocenters. The van der Waals surface area contributed by atoms with Gasteiger partial charge in [-0.25, -0.2) is 9.97 Å². The molecule has 1 saturated heterocycles. The van der Waals surface area contributed by atoms with E-state index in [1.54, 1.807) is 0 Å². The van der Waals surface area contributed by atoms with Gasteiger partial charge in [0.2, 0.25) is 0 Å². The minimum Gasteiger partial charge on any atom is -0.389 e. The van der Waals surface area contributed by atoms with Crippen LogP contribution in [-0.2, 0) is 6.54 Å². The summed E-state index contributed by atoms with van der Waals surface area (Å²) in [5.74, 6) is 1.67. The molecule has 0 spiro atoms. The van der Waals surface area contributed by atoms with Crippen LogP contribution in [0.1, 0.15) is 31.3 Å². The number of aryl methyl sites for hydroxylation is 1. The van der Waals surface area contributed by atoms with E-state index < -0.39 is 5.60 Å². The lowest BCUT2D eigenvalue weighted by Crippen LogP contribution is -2.45. The molecule has 0 saturated carbocycles. The maximum atomic E-state index is 10.1. The zero-order chi connectivity index (χ0) is 13.2. The summed E-state index contributed by atoms with van der Waals surface area (Å²) in [7, 11) is 1.86. The summed E-state index contributed by atoms with van der Waals surface area (Å²) in [6.45, 7) is 6.27. The number of nitrogens with one attached hydrogen (secondary N) is 1. The monoisotopic (exact) mass is 250 g/mol. The van der Waals surface area contributed by atoms with Crippen molar-refractivity contribution < 1.29 is 5.11 Å². The number of nitrogens with zero attached hydrogens (tertiary/aromatic N) is 3. The van der Waals surface area contributed by atoms with Crippen molar-refractivity contribution >= 4 is 5.82 Å². The van der Waals surface area contributed by atoms with Crippen LogP contribution >= 0.6 is 0 Å². The van der Waals surface area contributed by atoms with Crippen LogP contribution < -0.4 is 5.32 Å². The van der Waals surface area contributed by atoms with Gasteiger partial charge in [0.05, 0.1) is 12.1 Å². The number of aliphatic hydroxyl groups is 1. The average molecular weight is 250 g/mol. The van der Waals surface area contributed by atoms with E-state index in [4.69, 9.17) is 0 Å². The fourth-order valence-electron chi connectivity index (χ4n) is 2.49. The fraction of sp³-hybridized carbons (Fsp3) is 0.692.